The quantitative estimate of drug-likeness (QED) is 0.375. The molecule has 0 fully saturated rings. The van der Waals surface area contributed by atoms with Crippen molar-refractivity contribution >= 4 is 27.5 Å². The van der Waals surface area contributed by atoms with Gasteiger partial charge < -0.3 is 15.0 Å². The van der Waals surface area contributed by atoms with Gasteiger partial charge in [0.2, 0.25) is 11.8 Å². The number of amides is 2. The highest BCUT2D eigenvalue weighted by molar-refractivity contribution is 7.92. The van der Waals surface area contributed by atoms with Crippen LogP contribution in [0.3, 0.4) is 0 Å². The lowest BCUT2D eigenvalue weighted by Crippen LogP contribution is -2.54. The first-order chi connectivity index (χ1) is 18.4. The van der Waals surface area contributed by atoms with Gasteiger partial charge in [-0.25, -0.2) is 8.42 Å². The molecule has 3 aromatic carbocycles. The summed E-state index contributed by atoms with van der Waals surface area (Å²) in [4.78, 5) is 28.4. The first-order valence-corrected chi connectivity index (χ1v) is 14.3. The largest absolute Gasteiger partial charge is 0.494 e. The Morgan fingerprint density at radius 3 is 2.00 bits per heavy atom. The normalized spacial score (nSPS) is 12.3. The van der Waals surface area contributed by atoms with Crippen molar-refractivity contribution in [2.75, 3.05) is 17.5 Å². The molecule has 3 aromatic rings. The van der Waals surface area contributed by atoms with Crippen molar-refractivity contribution in [3.05, 3.63) is 90.5 Å². The van der Waals surface area contributed by atoms with Crippen LogP contribution in [0, 0.1) is 0 Å². The van der Waals surface area contributed by atoms with Crippen molar-refractivity contribution < 1.29 is 22.7 Å². The SMILES string of the molecule is CCOc1ccc(S(=O)(=O)N(CC(=O)N(Cc2ccccc2)C(C)C(=O)NC(C)(C)C)c2ccccc2)cc1. The summed E-state index contributed by atoms with van der Waals surface area (Å²) < 4.78 is 34.2. The zero-order valence-electron chi connectivity index (χ0n) is 23.1. The van der Waals surface area contributed by atoms with Crippen molar-refractivity contribution in [2.24, 2.45) is 0 Å². The maximum atomic E-state index is 13.9. The lowest BCUT2D eigenvalue weighted by atomic mass is 10.1. The Labute approximate surface area is 231 Å². The highest BCUT2D eigenvalue weighted by Gasteiger charge is 2.33. The molecule has 0 aromatic heterocycles. The van der Waals surface area contributed by atoms with E-state index in [1.165, 1.54) is 17.0 Å². The van der Waals surface area contributed by atoms with Gasteiger partial charge in [-0.15, -0.1) is 0 Å². The fourth-order valence-corrected chi connectivity index (χ4v) is 5.38. The number of hydrogen-bond donors (Lipinski definition) is 1. The maximum absolute atomic E-state index is 13.9. The number of carbonyl (C=O) groups excluding carboxylic acids is 2. The van der Waals surface area contributed by atoms with Gasteiger partial charge in [0.15, 0.2) is 0 Å². The smallest absolute Gasteiger partial charge is 0.264 e. The zero-order chi connectivity index (χ0) is 28.6. The molecule has 2 amide bonds. The molecule has 8 nitrogen and oxygen atoms in total. The molecular formula is C30H37N3O5S. The predicted octanol–water partition coefficient (Wildman–Crippen LogP) is 4.61. The van der Waals surface area contributed by atoms with E-state index in [1.54, 1.807) is 49.4 Å². The average Bonchev–Trinajstić information content (AvgIpc) is 2.90. The van der Waals surface area contributed by atoms with Gasteiger partial charge in [-0.3, -0.25) is 13.9 Å². The molecule has 1 unspecified atom stereocenters. The van der Waals surface area contributed by atoms with E-state index in [9.17, 15) is 18.0 Å². The van der Waals surface area contributed by atoms with Crippen LogP contribution in [-0.4, -0.2) is 49.9 Å². The van der Waals surface area contributed by atoms with Crippen LogP contribution in [0.4, 0.5) is 5.69 Å². The van der Waals surface area contributed by atoms with Crippen LogP contribution in [0.2, 0.25) is 0 Å². The van der Waals surface area contributed by atoms with Crippen molar-refractivity contribution in [3.63, 3.8) is 0 Å². The summed E-state index contributed by atoms with van der Waals surface area (Å²) in [5, 5.41) is 2.92. The van der Waals surface area contributed by atoms with Crippen LogP contribution in [0.15, 0.2) is 89.8 Å². The summed E-state index contributed by atoms with van der Waals surface area (Å²) >= 11 is 0. The highest BCUT2D eigenvalue weighted by Crippen LogP contribution is 2.26. The number of rotatable bonds is 11. The van der Waals surface area contributed by atoms with Crippen LogP contribution in [0.25, 0.3) is 0 Å². The summed E-state index contributed by atoms with van der Waals surface area (Å²) in [5.74, 6) is -0.285. The van der Waals surface area contributed by atoms with Gasteiger partial charge in [-0.2, -0.15) is 0 Å². The Kier molecular flexibility index (Phi) is 9.75. The molecule has 1 N–H and O–H groups in total. The molecule has 0 spiro atoms. The van der Waals surface area contributed by atoms with Gasteiger partial charge in [0, 0.05) is 12.1 Å². The third kappa shape index (κ3) is 8.07. The summed E-state index contributed by atoms with van der Waals surface area (Å²) in [6.07, 6.45) is 0. The molecule has 0 aliphatic rings. The van der Waals surface area contributed by atoms with E-state index in [-0.39, 0.29) is 17.3 Å². The third-order valence-corrected chi connectivity index (χ3v) is 7.70. The average molecular weight is 552 g/mol. The monoisotopic (exact) mass is 551 g/mol. The maximum Gasteiger partial charge on any atom is 0.264 e. The van der Waals surface area contributed by atoms with E-state index < -0.39 is 34.1 Å². The van der Waals surface area contributed by atoms with E-state index in [4.69, 9.17) is 4.74 Å². The number of benzene rings is 3. The van der Waals surface area contributed by atoms with Crippen LogP contribution < -0.4 is 14.4 Å². The molecule has 39 heavy (non-hydrogen) atoms. The third-order valence-electron chi connectivity index (χ3n) is 5.91. The van der Waals surface area contributed by atoms with Crippen LogP contribution >= 0.6 is 0 Å². The number of nitrogens with zero attached hydrogens (tertiary/aromatic N) is 2. The molecule has 9 heteroatoms. The first-order valence-electron chi connectivity index (χ1n) is 12.9. The number of sulfonamides is 1. The van der Waals surface area contributed by atoms with E-state index >= 15 is 0 Å². The fraction of sp³-hybridized carbons (Fsp3) is 0.333. The van der Waals surface area contributed by atoms with Gasteiger partial charge >= 0.3 is 0 Å². The summed E-state index contributed by atoms with van der Waals surface area (Å²) in [6, 6.07) is 23.0. The Morgan fingerprint density at radius 2 is 1.46 bits per heavy atom. The highest BCUT2D eigenvalue weighted by atomic mass is 32.2. The van der Waals surface area contributed by atoms with Crippen LogP contribution in [-0.2, 0) is 26.2 Å². The Morgan fingerprint density at radius 1 is 0.897 bits per heavy atom. The van der Waals surface area contributed by atoms with Gasteiger partial charge in [0.25, 0.3) is 10.0 Å². The lowest BCUT2D eigenvalue weighted by Gasteiger charge is -2.33. The molecule has 208 valence electrons. The fourth-order valence-electron chi connectivity index (χ4n) is 3.96. The minimum atomic E-state index is -4.13. The molecule has 3 rings (SSSR count). The standard InChI is InChI=1S/C30H37N3O5S/c1-6-38-26-17-19-27(20-18-26)39(36,37)33(25-15-11-8-12-16-25)22-28(34)32(21-24-13-9-7-10-14-24)23(2)29(35)31-30(3,4)5/h7-20,23H,6,21-22H2,1-5H3,(H,31,35). The number of anilines is 1. The number of carbonyl (C=O) groups is 2. The van der Waals surface area contributed by atoms with E-state index in [1.807, 2.05) is 58.0 Å². The minimum absolute atomic E-state index is 0.0238. The topological polar surface area (TPSA) is 96.0 Å². The van der Waals surface area contributed by atoms with Crippen molar-refractivity contribution in [3.8, 4) is 5.75 Å². The molecule has 0 saturated carbocycles. The Balaban J connectivity index is 1.99. The number of nitrogens with one attached hydrogen (secondary N) is 1. The van der Waals surface area contributed by atoms with Crippen LogP contribution in [0.5, 0.6) is 5.75 Å². The molecule has 0 saturated heterocycles. The minimum Gasteiger partial charge on any atom is -0.494 e. The second kappa shape index (κ2) is 12.8. The Bertz CT molecular complexity index is 1340. The second-order valence-electron chi connectivity index (χ2n) is 10.2. The van der Waals surface area contributed by atoms with E-state index in [2.05, 4.69) is 5.32 Å². The molecule has 0 heterocycles. The van der Waals surface area contributed by atoms with Crippen molar-refractivity contribution in [1.29, 1.82) is 0 Å². The van der Waals surface area contributed by atoms with E-state index in [0.717, 1.165) is 9.87 Å². The van der Waals surface area contributed by atoms with E-state index in [0.29, 0.717) is 18.0 Å². The number of hydrogen-bond acceptors (Lipinski definition) is 5. The summed E-state index contributed by atoms with van der Waals surface area (Å²) in [7, 11) is -4.13. The van der Waals surface area contributed by atoms with Gasteiger partial charge in [0.1, 0.15) is 18.3 Å². The predicted molar refractivity (Wildman–Crippen MR) is 153 cm³/mol. The van der Waals surface area contributed by atoms with Crippen molar-refractivity contribution in [2.45, 2.75) is 57.6 Å². The molecule has 0 bridgehead atoms. The molecule has 0 radical (unpaired) electrons. The molecular weight excluding hydrogens is 514 g/mol. The molecule has 0 aliphatic heterocycles. The number of ether oxygens (including phenoxy) is 1. The van der Waals surface area contributed by atoms with Gasteiger partial charge in [-0.05, 0) is 76.6 Å². The van der Waals surface area contributed by atoms with Crippen LogP contribution in [0.1, 0.15) is 40.2 Å². The number of para-hydroxylation sites is 1. The second-order valence-corrected chi connectivity index (χ2v) is 12.0. The Hall–Kier alpha value is -3.85. The molecule has 1 atom stereocenters. The van der Waals surface area contributed by atoms with Gasteiger partial charge in [-0.1, -0.05) is 48.5 Å². The summed E-state index contributed by atoms with van der Waals surface area (Å²) in [5.41, 5.74) is 0.660. The summed E-state index contributed by atoms with van der Waals surface area (Å²) in [6.45, 7) is 9.19. The lowest BCUT2D eigenvalue weighted by molar-refractivity contribution is -0.140. The first kappa shape index (κ1) is 29.7. The van der Waals surface area contributed by atoms with Crippen molar-refractivity contribution in [1.82, 2.24) is 10.2 Å². The van der Waals surface area contributed by atoms with Gasteiger partial charge in [0.05, 0.1) is 17.2 Å². The zero-order valence-corrected chi connectivity index (χ0v) is 23.9. The molecule has 0 aliphatic carbocycles.